The van der Waals surface area contributed by atoms with Crippen molar-refractivity contribution in [1.29, 1.82) is 0 Å². The van der Waals surface area contributed by atoms with E-state index in [2.05, 4.69) is 0 Å². The molecule has 0 radical (unpaired) electrons. The van der Waals surface area contributed by atoms with E-state index >= 15 is 0 Å². The van der Waals surface area contributed by atoms with Gasteiger partial charge in [0.25, 0.3) is 0 Å². The fourth-order valence-electron chi connectivity index (χ4n) is 1.98. The number of aliphatic hydroxyl groups is 1. The highest BCUT2D eigenvalue weighted by atomic mass is 16.3. The molecule has 142 valence electrons. The van der Waals surface area contributed by atoms with E-state index in [1.807, 2.05) is 5.32 Å². The fourth-order valence-corrected chi connectivity index (χ4v) is 1.98. The van der Waals surface area contributed by atoms with E-state index in [1.54, 1.807) is 5.32 Å². The van der Waals surface area contributed by atoms with Crippen LogP contribution in [0.25, 0.3) is 0 Å². The van der Waals surface area contributed by atoms with Gasteiger partial charge in [-0.2, -0.15) is 0 Å². The molecule has 1 aromatic carbocycles. The van der Waals surface area contributed by atoms with E-state index in [0.29, 0.717) is 0 Å². The van der Waals surface area contributed by atoms with Gasteiger partial charge in [0.15, 0.2) is 0 Å². The van der Waals surface area contributed by atoms with Crippen molar-refractivity contribution in [3.63, 3.8) is 0 Å². The van der Waals surface area contributed by atoms with Crippen molar-refractivity contribution < 1.29 is 37.3 Å². The van der Waals surface area contributed by atoms with E-state index in [9.17, 15) is 19.5 Å². The van der Waals surface area contributed by atoms with Crippen LogP contribution in [0.1, 0.15) is 55.8 Å². The first-order valence-electron chi connectivity index (χ1n) is 14.1. The number of carbonyl (C=O) groups excluding carboxylic acids is 3. The number of likely N-dealkylation sites (N-methyl/N-ethyl adjacent to an activating group) is 1. The van der Waals surface area contributed by atoms with Crippen molar-refractivity contribution in [2.45, 2.75) is 45.3 Å². The highest BCUT2D eigenvalue weighted by molar-refractivity contribution is 5.93. The zero-order valence-corrected chi connectivity index (χ0v) is 14.3. The van der Waals surface area contributed by atoms with Gasteiger partial charge in [0, 0.05) is 23.1 Å². The maximum absolute atomic E-state index is 13.5. The Morgan fingerprint density at radius 1 is 1.38 bits per heavy atom. The second-order valence-electron chi connectivity index (χ2n) is 5.72. The van der Waals surface area contributed by atoms with Gasteiger partial charge in [-0.15, -0.1) is 0 Å². The van der Waals surface area contributed by atoms with Crippen LogP contribution in [0, 0.1) is 5.92 Å². The summed E-state index contributed by atoms with van der Waals surface area (Å²) in [4.78, 5) is 38.5. The number of rotatable bonds is 5. The SMILES string of the molecule is [2H]c1c([2H])c([2H])c2c(c1[2H])[C@H](NC(=O)[C@]([2H])(C)NC(=O)[C@@]([2H])(O)C(C)C)C(=O)N(C([2H])([2H])[2H])C([2H])([2H])C2([2H])[2H]. The number of nitrogens with zero attached hydrogens (tertiary/aromatic N) is 1. The Morgan fingerprint density at radius 2 is 2.08 bits per heavy atom. The molecule has 3 atom stereocenters. The van der Waals surface area contributed by atoms with Gasteiger partial charge >= 0.3 is 0 Å². The van der Waals surface area contributed by atoms with E-state index in [-0.39, 0.29) is 0 Å². The number of hydrogen-bond acceptors (Lipinski definition) is 4. The van der Waals surface area contributed by atoms with Crippen molar-refractivity contribution in [2.24, 2.45) is 5.92 Å². The van der Waals surface area contributed by atoms with Crippen molar-refractivity contribution >= 4 is 17.7 Å². The molecule has 0 aliphatic carbocycles. The van der Waals surface area contributed by atoms with E-state index in [0.717, 1.165) is 6.92 Å². The monoisotopic (exact) mass is 374 g/mol. The van der Waals surface area contributed by atoms with Crippen LogP contribution in [0.5, 0.6) is 0 Å². The Hall–Kier alpha value is -2.41. The lowest BCUT2D eigenvalue weighted by Crippen LogP contribution is -2.51. The minimum atomic E-state index is -3.75. The maximum atomic E-state index is 13.5. The molecule has 0 unspecified atom stereocenters. The zero-order chi connectivity index (χ0) is 30.8. The highest BCUT2D eigenvalue weighted by Gasteiger charge is 2.32. The first kappa shape index (κ1) is 8.52. The predicted octanol–water partition coefficient (Wildman–Crippen LogP) is 0.380. The van der Waals surface area contributed by atoms with Crippen LogP contribution in [0.15, 0.2) is 24.2 Å². The van der Waals surface area contributed by atoms with Crippen LogP contribution < -0.4 is 10.6 Å². The van der Waals surface area contributed by atoms with Gasteiger partial charge in [-0.1, -0.05) is 38.0 Å². The molecule has 1 aliphatic rings. The number of fused-ring (bicyclic) bond motifs is 1. The molecule has 0 saturated carbocycles. The quantitative estimate of drug-likeness (QED) is 0.694. The lowest BCUT2D eigenvalue weighted by Gasteiger charge is -2.24. The summed E-state index contributed by atoms with van der Waals surface area (Å²) in [5.74, 6) is -5.92. The molecule has 2 rings (SSSR count). The van der Waals surface area contributed by atoms with Crippen LogP contribution in [0.3, 0.4) is 0 Å². The van der Waals surface area contributed by atoms with Crippen molar-refractivity contribution in [3.8, 4) is 0 Å². The van der Waals surface area contributed by atoms with Crippen LogP contribution >= 0.6 is 0 Å². The second kappa shape index (κ2) is 8.31. The van der Waals surface area contributed by atoms with Gasteiger partial charge < -0.3 is 20.6 Å². The number of amides is 3. The molecule has 0 bridgehead atoms. The largest absolute Gasteiger partial charge is 0.383 e. The third-order valence-corrected chi connectivity index (χ3v) is 3.46. The minimum absolute atomic E-state index is 0.502. The molecule has 1 heterocycles. The van der Waals surface area contributed by atoms with Gasteiger partial charge in [-0.3, -0.25) is 14.4 Å². The second-order valence-corrected chi connectivity index (χ2v) is 5.72. The topological polar surface area (TPSA) is 98.7 Å². The Kier molecular flexibility index (Phi) is 2.72. The standard InChI is InChI=1S/C19H27N3O4/c1-11(2)16(23)18(25)20-12(3)17(24)21-15-14-8-6-5-7-13(14)9-10-22(4)19(15)26/h5-8,11-12,15-16,23H,9-10H2,1-4H3,(H,20,25)(H,21,24)/t12-,15-,16-/m0/s1/i4D3,5D,6D,7D,8D,9D2,10D2,12D,16D. The number of nitrogens with one attached hydrogen (secondary N) is 2. The van der Waals surface area contributed by atoms with Gasteiger partial charge in [0.05, 0.1) is 8.22 Å². The molecule has 0 spiro atoms. The van der Waals surface area contributed by atoms with Crippen LogP contribution in [-0.4, -0.2) is 53.3 Å². The highest BCUT2D eigenvalue weighted by Crippen LogP contribution is 2.24. The molecule has 26 heavy (non-hydrogen) atoms. The average molecular weight is 375 g/mol. The summed E-state index contributed by atoms with van der Waals surface area (Å²) in [6.45, 7) is -4.08. The molecule has 7 heteroatoms. The van der Waals surface area contributed by atoms with Crippen molar-refractivity contribution in [3.05, 3.63) is 35.3 Å². The Balaban J connectivity index is 2.82. The first-order chi connectivity index (χ1) is 17.3. The van der Waals surface area contributed by atoms with E-state index in [4.69, 9.17) is 17.8 Å². The maximum Gasteiger partial charge on any atom is 0.249 e. The number of hydrogen-bond donors (Lipinski definition) is 3. The molecule has 1 aliphatic heterocycles. The summed E-state index contributed by atoms with van der Waals surface area (Å²) < 4.78 is 105. The normalized spacial score (nSPS) is 33.4. The Bertz CT molecular complexity index is 1210. The fraction of sp³-hybridized carbons (Fsp3) is 0.526. The molecule has 0 saturated heterocycles. The molecular formula is C19H27N3O4. The summed E-state index contributed by atoms with van der Waals surface area (Å²) in [5, 5.41) is 13.7. The first-order valence-corrected chi connectivity index (χ1v) is 7.57. The van der Waals surface area contributed by atoms with Crippen LogP contribution in [0.2, 0.25) is 0 Å². The lowest BCUT2D eigenvalue weighted by molar-refractivity contribution is -0.137. The molecule has 0 aromatic heterocycles. The van der Waals surface area contributed by atoms with E-state index in [1.165, 1.54) is 13.8 Å². The van der Waals surface area contributed by atoms with Gasteiger partial charge in [0.1, 0.15) is 18.1 Å². The summed E-state index contributed by atoms with van der Waals surface area (Å²) in [6, 6.07) is -9.52. The Morgan fingerprint density at radius 3 is 2.73 bits per heavy atom. The molecular weight excluding hydrogens is 334 g/mol. The molecule has 1 aromatic rings. The van der Waals surface area contributed by atoms with Crippen molar-refractivity contribution in [1.82, 2.24) is 15.5 Å². The third kappa shape index (κ3) is 4.40. The Labute approximate surface area is 172 Å². The summed E-state index contributed by atoms with van der Waals surface area (Å²) in [6.07, 6.45) is -6.36. The molecule has 3 amide bonds. The number of benzene rings is 1. The van der Waals surface area contributed by atoms with Gasteiger partial charge in [-0.25, -0.2) is 0 Å². The smallest absolute Gasteiger partial charge is 0.249 e. The lowest BCUT2D eigenvalue weighted by atomic mass is 9.99. The molecule has 0 fully saturated rings. The van der Waals surface area contributed by atoms with E-state index < -0.39 is 102 Å². The summed E-state index contributed by atoms with van der Waals surface area (Å²) >= 11 is 0. The van der Waals surface area contributed by atoms with Crippen LogP contribution in [0.4, 0.5) is 0 Å². The average Bonchev–Trinajstić information content (AvgIpc) is 2.80. The molecule has 3 N–H and O–H groups in total. The van der Waals surface area contributed by atoms with Crippen LogP contribution in [-0.2, 0) is 20.8 Å². The molecule has 7 nitrogen and oxygen atoms in total. The van der Waals surface area contributed by atoms with Gasteiger partial charge in [0.2, 0.25) is 17.7 Å². The van der Waals surface area contributed by atoms with Crippen molar-refractivity contribution in [2.75, 3.05) is 13.5 Å². The third-order valence-electron chi connectivity index (χ3n) is 3.46. The predicted molar refractivity (Wildman–Crippen MR) is 97.1 cm³/mol. The zero-order valence-electron chi connectivity index (χ0n) is 27.3. The minimum Gasteiger partial charge on any atom is -0.383 e. The summed E-state index contributed by atoms with van der Waals surface area (Å²) in [5.41, 5.74) is -2.12. The summed E-state index contributed by atoms with van der Waals surface area (Å²) in [7, 11) is 0. The number of carbonyl (C=O) groups is 3. The van der Waals surface area contributed by atoms with Gasteiger partial charge in [-0.05, 0) is 30.3 Å².